The normalized spacial score (nSPS) is 11.7. The third-order valence-electron chi connectivity index (χ3n) is 2.23. The van der Waals surface area contributed by atoms with Crippen molar-refractivity contribution in [2.24, 2.45) is 5.73 Å². The first-order valence-corrected chi connectivity index (χ1v) is 5.72. The molecule has 0 fully saturated rings. The van der Waals surface area contributed by atoms with Crippen molar-refractivity contribution in [2.45, 2.75) is 11.8 Å². The van der Waals surface area contributed by atoms with Gasteiger partial charge in [-0.2, -0.15) is 0 Å². The van der Waals surface area contributed by atoms with E-state index in [0.29, 0.717) is 5.75 Å². The summed E-state index contributed by atoms with van der Waals surface area (Å²) in [4.78, 5) is 22.3. The Morgan fingerprint density at radius 3 is 2.67 bits per heavy atom. The van der Waals surface area contributed by atoms with Gasteiger partial charge in [0.25, 0.3) is 0 Å². The highest BCUT2D eigenvalue weighted by atomic mass is 35.5. The molecule has 0 aliphatic rings. The lowest BCUT2D eigenvalue weighted by Crippen LogP contribution is -2.27. The fourth-order valence-corrected chi connectivity index (χ4v) is 1.58. The highest BCUT2D eigenvalue weighted by Gasteiger charge is 2.21. The van der Waals surface area contributed by atoms with Crippen LogP contribution in [0.5, 0.6) is 5.75 Å². The average molecular weight is 272 g/mol. The molecule has 1 unspecified atom stereocenters. The van der Waals surface area contributed by atoms with Crippen molar-refractivity contribution in [1.82, 2.24) is 0 Å². The molecule has 0 aliphatic heterocycles. The summed E-state index contributed by atoms with van der Waals surface area (Å²) < 4.78 is 9.56. The standard InChI is InChI=1S/C12H14ClNO4/c1-17-10-5-3-2-4-8(10)6-9(13)12(16)18-11(15)7-14/h2-5,9H,6-7,14H2,1H3. The molecule has 0 amide bonds. The topological polar surface area (TPSA) is 78.6 Å². The molecule has 18 heavy (non-hydrogen) atoms. The zero-order valence-electron chi connectivity index (χ0n) is 9.89. The number of esters is 2. The Morgan fingerprint density at radius 2 is 2.06 bits per heavy atom. The Hall–Kier alpha value is -1.59. The van der Waals surface area contributed by atoms with Crippen molar-refractivity contribution in [3.8, 4) is 5.75 Å². The van der Waals surface area contributed by atoms with E-state index in [9.17, 15) is 9.59 Å². The van der Waals surface area contributed by atoms with Gasteiger partial charge in [-0.05, 0) is 11.6 Å². The number of hydrogen-bond donors (Lipinski definition) is 1. The maximum atomic E-state index is 11.4. The maximum absolute atomic E-state index is 11.4. The minimum Gasteiger partial charge on any atom is -0.496 e. The summed E-state index contributed by atoms with van der Waals surface area (Å²) in [5.41, 5.74) is 5.79. The third kappa shape index (κ3) is 4.01. The van der Waals surface area contributed by atoms with Crippen LogP contribution >= 0.6 is 11.6 Å². The minimum atomic E-state index is -0.961. The summed E-state index contributed by atoms with van der Waals surface area (Å²) in [6, 6.07) is 7.15. The highest BCUT2D eigenvalue weighted by molar-refractivity contribution is 6.30. The Kier molecular flexibility index (Phi) is 5.61. The van der Waals surface area contributed by atoms with E-state index in [1.165, 1.54) is 7.11 Å². The largest absolute Gasteiger partial charge is 0.496 e. The number of methoxy groups -OCH3 is 1. The van der Waals surface area contributed by atoms with Crippen LogP contribution in [0.2, 0.25) is 0 Å². The molecule has 0 heterocycles. The Labute approximate surface area is 110 Å². The number of halogens is 1. The first-order valence-electron chi connectivity index (χ1n) is 5.29. The van der Waals surface area contributed by atoms with Gasteiger partial charge in [0.1, 0.15) is 11.1 Å². The SMILES string of the molecule is COc1ccccc1CC(Cl)C(=O)OC(=O)CN. The molecule has 0 saturated heterocycles. The van der Waals surface area contributed by atoms with Crippen LogP contribution in [0.4, 0.5) is 0 Å². The van der Waals surface area contributed by atoms with Crippen LogP contribution in [-0.4, -0.2) is 31.0 Å². The molecule has 1 aromatic carbocycles. The Balaban J connectivity index is 2.66. The lowest BCUT2D eigenvalue weighted by Gasteiger charge is -2.11. The van der Waals surface area contributed by atoms with Crippen LogP contribution in [0, 0.1) is 0 Å². The monoisotopic (exact) mass is 271 g/mol. The molecule has 2 N–H and O–H groups in total. The number of ether oxygens (including phenoxy) is 2. The van der Waals surface area contributed by atoms with E-state index in [1.807, 2.05) is 6.07 Å². The van der Waals surface area contributed by atoms with Gasteiger partial charge in [0.2, 0.25) is 0 Å². The second kappa shape index (κ2) is 6.98. The number of carbonyl (C=O) groups is 2. The van der Waals surface area contributed by atoms with Gasteiger partial charge in [0, 0.05) is 6.42 Å². The number of rotatable bonds is 5. The predicted octanol–water partition coefficient (Wildman–Crippen LogP) is 0.874. The van der Waals surface area contributed by atoms with Gasteiger partial charge in [-0.25, -0.2) is 4.79 Å². The molecule has 0 saturated carbocycles. The average Bonchev–Trinajstić information content (AvgIpc) is 2.39. The first kappa shape index (κ1) is 14.5. The zero-order chi connectivity index (χ0) is 13.5. The predicted molar refractivity (Wildman–Crippen MR) is 66.5 cm³/mol. The number of alkyl halides is 1. The van der Waals surface area contributed by atoms with Crippen molar-refractivity contribution in [3.63, 3.8) is 0 Å². The Morgan fingerprint density at radius 1 is 1.39 bits per heavy atom. The number of hydrogen-bond acceptors (Lipinski definition) is 5. The third-order valence-corrected chi connectivity index (χ3v) is 2.56. The molecule has 98 valence electrons. The number of carbonyl (C=O) groups excluding carboxylic acids is 2. The molecule has 1 atom stereocenters. The van der Waals surface area contributed by atoms with Crippen LogP contribution in [0.15, 0.2) is 24.3 Å². The molecular formula is C12H14ClNO4. The first-order chi connectivity index (χ1) is 8.58. The second-order valence-electron chi connectivity index (χ2n) is 3.48. The highest BCUT2D eigenvalue weighted by Crippen LogP contribution is 2.21. The van der Waals surface area contributed by atoms with Gasteiger partial charge in [-0.1, -0.05) is 18.2 Å². The van der Waals surface area contributed by atoms with Gasteiger partial charge in [0.15, 0.2) is 0 Å². The fraction of sp³-hybridized carbons (Fsp3) is 0.333. The number of nitrogens with two attached hydrogens (primary N) is 1. The van der Waals surface area contributed by atoms with E-state index >= 15 is 0 Å². The van der Waals surface area contributed by atoms with Crippen LogP contribution in [0.1, 0.15) is 5.56 Å². The maximum Gasteiger partial charge on any atom is 0.332 e. The molecule has 0 radical (unpaired) electrons. The van der Waals surface area contributed by atoms with E-state index in [4.69, 9.17) is 22.1 Å². The van der Waals surface area contributed by atoms with E-state index in [0.717, 1.165) is 5.56 Å². The van der Waals surface area contributed by atoms with Gasteiger partial charge in [-0.3, -0.25) is 4.79 Å². The van der Waals surface area contributed by atoms with Crippen LogP contribution in [0.3, 0.4) is 0 Å². The molecule has 0 spiro atoms. The van der Waals surface area contributed by atoms with E-state index < -0.39 is 17.3 Å². The van der Waals surface area contributed by atoms with Crippen molar-refractivity contribution in [2.75, 3.05) is 13.7 Å². The summed E-state index contributed by atoms with van der Waals surface area (Å²) in [6.07, 6.45) is 0.211. The van der Waals surface area contributed by atoms with Crippen molar-refractivity contribution in [3.05, 3.63) is 29.8 Å². The van der Waals surface area contributed by atoms with Crippen LogP contribution in [0.25, 0.3) is 0 Å². The second-order valence-corrected chi connectivity index (χ2v) is 4.01. The molecule has 1 aromatic rings. The quantitative estimate of drug-likeness (QED) is 0.488. The lowest BCUT2D eigenvalue weighted by atomic mass is 10.1. The summed E-state index contributed by atoms with van der Waals surface area (Å²) in [5, 5.41) is -0.961. The van der Waals surface area contributed by atoms with Crippen molar-refractivity contribution in [1.29, 1.82) is 0 Å². The van der Waals surface area contributed by atoms with Gasteiger partial charge in [-0.15, -0.1) is 11.6 Å². The molecule has 0 aromatic heterocycles. The zero-order valence-corrected chi connectivity index (χ0v) is 10.6. The molecular weight excluding hydrogens is 258 g/mol. The number of benzene rings is 1. The molecule has 0 bridgehead atoms. The molecule has 5 nitrogen and oxygen atoms in total. The molecule has 1 rings (SSSR count). The summed E-state index contributed by atoms with van der Waals surface area (Å²) >= 11 is 5.87. The minimum absolute atomic E-state index is 0.211. The van der Waals surface area contributed by atoms with Crippen LogP contribution < -0.4 is 10.5 Å². The van der Waals surface area contributed by atoms with Crippen molar-refractivity contribution < 1.29 is 19.1 Å². The van der Waals surface area contributed by atoms with E-state index in [2.05, 4.69) is 4.74 Å². The summed E-state index contributed by atoms with van der Waals surface area (Å²) in [5.74, 6) is -0.982. The number of para-hydroxylation sites is 1. The van der Waals surface area contributed by atoms with E-state index in [-0.39, 0.29) is 13.0 Å². The summed E-state index contributed by atoms with van der Waals surface area (Å²) in [6.45, 7) is -0.357. The molecule has 0 aliphatic carbocycles. The lowest BCUT2D eigenvalue weighted by molar-refractivity contribution is -0.158. The summed E-state index contributed by atoms with van der Waals surface area (Å²) in [7, 11) is 1.53. The van der Waals surface area contributed by atoms with Gasteiger partial charge < -0.3 is 15.2 Å². The van der Waals surface area contributed by atoms with Crippen LogP contribution in [-0.2, 0) is 20.7 Å². The van der Waals surface area contributed by atoms with Crippen molar-refractivity contribution >= 4 is 23.5 Å². The fourth-order valence-electron chi connectivity index (χ4n) is 1.37. The smallest absolute Gasteiger partial charge is 0.332 e. The van der Waals surface area contributed by atoms with Gasteiger partial charge in [0.05, 0.1) is 13.7 Å². The van der Waals surface area contributed by atoms with Gasteiger partial charge >= 0.3 is 11.9 Å². The Bertz CT molecular complexity index is 436. The molecule has 6 heteroatoms. The van der Waals surface area contributed by atoms with E-state index in [1.54, 1.807) is 18.2 Å².